The third kappa shape index (κ3) is 4.17. The number of benzene rings is 1. The van der Waals surface area contributed by atoms with E-state index in [4.69, 9.17) is 4.74 Å². The molecule has 1 aromatic carbocycles. The lowest BCUT2D eigenvalue weighted by Crippen LogP contribution is -2.15. The molecule has 0 saturated carbocycles. The van der Waals surface area contributed by atoms with E-state index in [0.717, 1.165) is 6.54 Å². The molecular formula is C15H18N4O2. The van der Waals surface area contributed by atoms with E-state index in [2.05, 4.69) is 20.8 Å². The Morgan fingerprint density at radius 3 is 2.71 bits per heavy atom. The smallest absolute Gasteiger partial charge is 0.276 e. The minimum Gasteiger partial charge on any atom is -0.494 e. The van der Waals surface area contributed by atoms with Crippen LogP contribution in [0.4, 0.5) is 11.5 Å². The first-order valence-electron chi connectivity index (χ1n) is 6.84. The van der Waals surface area contributed by atoms with Gasteiger partial charge < -0.3 is 15.4 Å². The van der Waals surface area contributed by atoms with Crippen LogP contribution in [-0.2, 0) is 0 Å². The molecule has 1 amide bonds. The number of rotatable bonds is 6. The zero-order valence-electron chi connectivity index (χ0n) is 12.1. The number of amides is 1. The van der Waals surface area contributed by atoms with E-state index in [1.165, 1.54) is 0 Å². The van der Waals surface area contributed by atoms with Crippen LogP contribution < -0.4 is 15.4 Å². The van der Waals surface area contributed by atoms with E-state index >= 15 is 0 Å². The van der Waals surface area contributed by atoms with Crippen molar-refractivity contribution in [3.8, 4) is 5.75 Å². The summed E-state index contributed by atoms with van der Waals surface area (Å²) in [6.07, 6.45) is 0. The Labute approximate surface area is 123 Å². The Kier molecular flexibility index (Phi) is 5.09. The SMILES string of the molecule is CCNc1ccc(C(=O)Nc2cccc(OCC)c2)nn1. The normalized spacial score (nSPS) is 10.0. The molecule has 0 aliphatic rings. The standard InChI is InChI=1S/C15H18N4O2/c1-3-16-14-9-8-13(18-19-14)15(20)17-11-6-5-7-12(10-11)21-4-2/h5-10H,3-4H2,1-2H3,(H,16,19)(H,17,20). The Morgan fingerprint density at radius 2 is 2.05 bits per heavy atom. The molecule has 1 aromatic heterocycles. The molecule has 0 unspecified atom stereocenters. The molecule has 6 heteroatoms. The van der Waals surface area contributed by atoms with Gasteiger partial charge in [0, 0.05) is 18.3 Å². The average molecular weight is 286 g/mol. The largest absolute Gasteiger partial charge is 0.494 e. The van der Waals surface area contributed by atoms with Gasteiger partial charge in [0.1, 0.15) is 11.6 Å². The molecule has 0 radical (unpaired) electrons. The number of carbonyl (C=O) groups excluding carboxylic acids is 1. The zero-order chi connectivity index (χ0) is 15.1. The lowest BCUT2D eigenvalue weighted by atomic mass is 10.3. The maximum atomic E-state index is 12.1. The molecule has 0 saturated heterocycles. The lowest BCUT2D eigenvalue weighted by Gasteiger charge is -2.07. The van der Waals surface area contributed by atoms with Gasteiger partial charge in [0.2, 0.25) is 0 Å². The minimum absolute atomic E-state index is 0.262. The second-order valence-corrected chi connectivity index (χ2v) is 4.25. The highest BCUT2D eigenvalue weighted by atomic mass is 16.5. The maximum absolute atomic E-state index is 12.1. The summed E-state index contributed by atoms with van der Waals surface area (Å²) in [6.45, 7) is 5.21. The van der Waals surface area contributed by atoms with Gasteiger partial charge in [-0.1, -0.05) is 6.07 Å². The molecule has 0 atom stereocenters. The first-order valence-corrected chi connectivity index (χ1v) is 6.84. The highest BCUT2D eigenvalue weighted by Gasteiger charge is 2.09. The third-order valence-electron chi connectivity index (χ3n) is 2.66. The molecule has 0 bridgehead atoms. The summed E-state index contributed by atoms with van der Waals surface area (Å²) in [5.41, 5.74) is 0.918. The number of carbonyl (C=O) groups is 1. The van der Waals surface area contributed by atoms with Crippen LogP contribution >= 0.6 is 0 Å². The number of ether oxygens (including phenoxy) is 1. The zero-order valence-corrected chi connectivity index (χ0v) is 12.1. The molecule has 2 rings (SSSR count). The summed E-state index contributed by atoms with van der Waals surface area (Å²) >= 11 is 0. The van der Waals surface area contributed by atoms with Crippen molar-refractivity contribution in [1.29, 1.82) is 0 Å². The van der Waals surface area contributed by atoms with Gasteiger partial charge in [-0.05, 0) is 38.1 Å². The number of anilines is 2. The fourth-order valence-corrected chi connectivity index (χ4v) is 1.75. The van der Waals surface area contributed by atoms with Crippen LogP contribution in [0.15, 0.2) is 36.4 Å². The van der Waals surface area contributed by atoms with Gasteiger partial charge >= 0.3 is 0 Å². The monoisotopic (exact) mass is 286 g/mol. The molecule has 1 heterocycles. The van der Waals surface area contributed by atoms with Crippen molar-refractivity contribution in [2.45, 2.75) is 13.8 Å². The number of aromatic nitrogens is 2. The van der Waals surface area contributed by atoms with Crippen molar-refractivity contribution in [2.75, 3.05) is 23.8 Å². The maximum Gasteiger partial charge on any atom is 0.276 e. The molecule has 110 valence electrons. The van der Waals surface area contributed by atoms with Gasteiger partial charge in [-0.2, -0.15) is 0 Å². The number of nitrogens with zero attached hydrogens (tertiary/aromatic N) is 2. The van der Waals surface area contributed by atoms with Crippen LogP contribution in [0.5, 0.6) is 5.75 Å². The molecule has 2 aromatic rings. The molecule has 0 spiro atoms. The number of hydrogen-bond acceptors (Lipinski definition) is 5. The molecule has 6 nitrogen and oxygen atoms in total. The van der Waals surface area contributed by atoms with Crippen LogP contribution in [0, 0.1) is 0 Å². The highest BCUT2D eigenvalue weighted by molar-refractivity contribution is 6.02. The Balaban J connectivity index is 2.05. The first-order chi connectivity index (χ1) is 10.2. The highest BCUT2D eigenvalue weighted by Crippen LogP contribution is 2.17. The van der Waals surface area contributed by atoms with E-state index in [9.17, 15) is 4.79 Å². The van der Waals surface area contributed by atoms with Crippen LogP contribution in [0.1, 0.15) is 24.3 Å². The predicted molar refractivity (Wildman–Crippen MR) is 81.8 cm³/mol. The van der Waals surface area contributed by atoms with Gasteiger partial charge in [0.05, 0.1) is 6.61 Å². The van der Waals surface area contributed by atoms with Gasteiger partial charge in [-0.3, -0.25) is 4.79 Å². The Hall–Kier alpha value is -2.63. The van der Waals surface area contributed by atoms with Crippen LogP contribution in [0.3, 0.4) is 0 Å². The number of hydrogen-bond donors (Lipinski definition) is 2. The lowest BCUT2D eigenvalue weighted by molar-refractivity contribution is 0.102. The van der Waals surface area contributed by atoms with E-state index in [1.807, 2.05) is 26.0 Å². The van der Waals surface area contributed by atoms with Gasteiger partial charge in [0.25, 0.3) is 5.91 Å². The summed E-state index contributed by atoms with van der Waals surface area (Å²) in [7, 11) is 0. The molecule has 0 aliphatic carbocycles. The fourth-order valence-electron chi connectivity index (χ4n) is 1.75. The quantitative estimate of drug-likeness (QED) is 0.853. The molecule has 0 fully saturated rings. The molecular weight excluding hydrogens is 268 g/mol. The Bertz CT molecular complexity index is 599. The molecule has 2 N–H and O–H groups in total. The summed E-state index contributed by atoms with van der Waals surface area (Å²) < 4.78 is 5.39. The predicted octanol–water partition coefficient (Wildman–Crippen LogP) is 2.56. The molecule has 0 aliphatic heterocycles. The minimum atomic E-state index is -0.306. The van der Waals surface area contributed by atoms with Gasteiger partial charge in [-0.15, -0.1) is 10.2 Å². The van der Waals surface area contributed by atoms with Gasteiger partial charge in [0.15, 0.2) is 5.69 Å². The second-order valence-electron chi connectivity index (χ2n) is 4.25. The third-order valence-corrected chi connectivity index (χ3v) is 2.66. The van der Waals surface area contributed by atoms with Crippen molar-refractivity contribution in [1.82, 2.24) is 10.2 Å². The van der Waals surface area contributed by atoms with Crippen molar-refractivity contribution >= 4 is 17.4 Å². The van der Waals surface area contributed by atoms with Crippen molar-refractivity contribution in [3.05, 3.63) is 42.1 Å². The Morgan fingerprint density at radius 1 is 1.19 bits per heavy atom. The van der Waals surface area contributed by atoms with Crippen LogP contribution in [0.25, 0.3) is 0 Å². The van der Waals surface area contributed by atoms with E-state index in [1.54, 1.807) is 24.3 Å². The van der Waals surface area contributed by atoms with E-state index in [0.29, 0.717) is 23.9 Å². The van der Waals surface area contributed by atoms with Crippen LogP contribution in [0.2, 0.25) is 0 Å². The molecule has 21 heavy (non-hydrogen) atoms. The second kappa shape index (κ2) is 7.23. The van der Waals surface area contributed by atoms with Crippen molar-refractivity contribution in [2.24, 2.45) is 0 Å². The number of nitrogens with one attached hydrogen (secondary N) is 2. The van der Waals surface area contributed by atoms with Gasteiger partial charge in [-0.25, -0.2) is 0 Å². The summed E-state index contributed by atoms with van der Waals surface area (Å²) in [5.74, 6) is 1.05. The topological polar surface area (TPSA) is 76.1 Å². The summed E-state index contributed by atoms with van der Waals surface area (Å²) in [5, 5.41) is 13.6. The van der Waals surface area contributed by atoms with Crippen LogP contribution in [-0.4, -0.2) is 29.3 Å². The average Bonchev–Trinajstić information content (AvgIpc) is 2.49. The first kappa shape index (κ1) is 14.8. The summed E-state index contributed by atoms with van der Waals surface area (Å²) in [4.78, 5) is 12.1. The fraction of sp³-hybridized carbons (Fsp3) is 0.267. The van der Waals surface area contributed by atoms with Crippen molar-refractivity contribution in [3.63, 3.8) is 0 Å². The summed E-state index contributed by atoms with van der Waals surface area (Å²) in [6, 6.07) is 10.6. The van der Waals surface area contributed by atoms with E-state index in [-0.39, 0.29) is 11.6 Å². The van der Waals surface area contributed by atoms with Crippen molar-refractivity contribution < 1.29 is 9.53 Å². The van der Waals surface area contributed by atoms with E-state index < -0.39 is 0 Å².